The van der Waals surface area contributed by atoms with Crippen molar-refractivity contribution in [2.45, 2.75) is 37.3 Å². The van der Waals surface area contributed by atoms with Gasteiger partial charge < -0.3 is 10.6 Å². The maximum Gasteiger partial charge on any atom is 0.416 e. The molecule has 2 rings (SSSR count). The number of halogens is 4. The molecule has 1 aromatic rings. The zero-order valence-corrected chi connectivity index (χ0v) is 13.8. The number of hydrogen-bond donors (Lipinski definition) is 2. The Labute approximate surface area is 140 Å². The lowest BCUT2D eigenvalue weighted by Crippen LogP contribution is -2.42. The minimum Gasteiger partial charge on any atom is -0.354 e. The molecule has 1 aromatic carbocycles. The van der Waals surface area contributed by atoms with Crippen molar-refractivity contribution in [2.24, 2.45) is 0 Å². The molecule has 130 valence electrons. The number of nitrogens with one attached hydrogen (secondary N) is 2. The Balaban J connectivity index is 0.00000264. The molecular formula is C16H22ClF3N2O. The maximum absolute atomic E-state index is 12.9. The summed E-state index contributed by atoms with van der Waals surface area (Å²) in [6, 6.07) is 5.51. The van der Waals surface area contributed by atoms with Gasteiger partial charge in [0.2, 0.25) is 5.91 Å². The lowest BCUT2D eigenvalue weighted by atomic mass is 9.78. The van der Waals surface area contributed by atoms with E-state index in [1.165, 1.54) is 12.1 Å². The van der Waals surface area contributed by atoms with Crippen molar-refractivity contribution in [1.29, 1.82) is 0 Å². The normalized spacial score (nSPS) is 16.7. The summed E-state index contributed by atoms with van der Waals surface area (Å²) in [6.07, 6.45) is -0.802. The molecule has 1 aliphatic carbocycles. The molecule has 3 nitrogen and oxygen atoms in total. The number of carbonyl (C=O) groups is 1. The third-order valence-electron chi connectivity index (χ3n) is 4.32. The maximum atomic E-state index is 12.9. The van der Waals surface area contributed by atoms with Crippen LogP contribution in [0.15, 0.2) is 24.3 Å². The summed E-state index contributed by atoms with van der Waals surface area (Å²) in [4.78, 5) is 11.6. The van der Waals surface area contributed by atoms with Gasteiger partial charge in [-0.05, 0) is 31.5 Å². The Morgan fingerprint density at radius 1 is 1.26 bits per heavy atom. The second-order valence-corrected chi connectivity index (χ2v) is 5.87. The summed E-state index contributed by atoms with van der Waals surface area (Å²) in [5, 5.41) is 5.60. The lowest BCUT2D eigenvalue weighted by molar-refractivity contribution is -0.137. The van der Waals surface area contributed by atoms with E-state index in [4.69, 9.17) is 0 Å². The van der Waals surface area contributed by atoms with Gasteiger partial charge in [-0.2, -0.15) is 13.2 Å². The van der Waals surface area contributed by atoms with Crippen molar-refractivity contribution in [1.82, 2.24) is 10.6 Å². The summed E-state index contributed by atoms with van der Waals surface area (Å²) >= 11 is 0. The van der Waals surface area contributed by atoms with Crippen molar-refractivity contribution in [3.8, 4) is 0 Å². The zero-order valence-electron chi connectivity index (χ0n) is 13.0. The highest BCUT2D eigenvalue weighted by atomic mass is 35.5. The monoisotopic (exact) mass is 350 g/mol. The Morgan fingerprint density at radius 3 is 2.48 bits per heavy atom. The average molecular weight is 351 g/mol. The van der Waals surface area contributed by atoms with Crippen molar-refractivity contribution >= 4 is 18.3 Å². The zero-order chi connectivity index (χ0) is 16.2. The van der Waals surface area contributed by atoms with Gasteiger partial charge in [0.05, 0.1) is 12.1 Å². The van der Waals surface area contributed by atoms with E-state index in [2.05, 4.69) is 10.6 Å². The molecule has 23 heavy (non-hydrogen) atoms. The van der Waals surface area contributed by atoms with E-state index in [0.29, 0.717) is 12.1 Å². The molecule has 0 radical (unpaired) electrons. The van der Waals surface area contributed by atoms with Gasteiger partial charge in [-0.15, -0.1) is 12.4 Å². The fraction of sp³-hybridized carbons (Fsp3) is 0.562. The highest BCUT2D eigenvalue weighted by Crippen LogP contribution is 2.42. The number of rotatable bonds is 5. The van der Waals surface area contributed by atoms with Gasteiger partial charge in [-0.3, -0.25) is 4.79 Å². The van der Waals surface area contributed by atoms with Gasteiger partial charge in [-0.25, -0.2) is 0 Å². The van der Waals surface area contributed by atoms with E-state index in [1.54, 1.807) is 13.1 Å². The van der Waals surface area contributed by atoms with E-state index < -0.39 is 11.7 Å². The quantitative estimate of drug-likeness (QED) is 0.855. The minimum atomic E-state index is -4.34. The van der Waals surface area contributed by atoms with Gasteiger partial charge in [0.1, 0.15) is 0 Å². The largest absolute Gasteiger partial charge is 0.416 e. The van der Waals surface area contributed by atoms with Crippen molar-refractivity contribution in [3.05, 3.63) is 35.4 Å². The summed E-state index contributed by atoms with van der Waals surface area (Å²) in [6.45, 7) is 0.591. The number of hydrogen-bond acceptors (Lipinski definition) is 2. The lowest BCUT2D eigenvalue weighted by Gasteiger charge is -2.30. The van der Waals surface area contributed by atoms with Gasteiger partial charge in [0.15, 0.2) is 0 Å². The molecule has 0 unspecified atom stereocenters. The number of likely N-dealkylation sites (N-methyl/N-ethyl adjacent to an activating group) is 1. The van der Waals surface area contributed by atoms with Crippen LogP contribution in [-0.4, -0.2) is 26.0 Å². The third-order valence-corrected chi connectivity index (χ3v) is 4.32. The van der Waals surface area contributed by atoms with Crippen LogP contribution in [0.1, 0.15) is 36.8 Å². The third kappa shape index (κ3) is 4.85. The van der Waals surface area contributed by atoms with E-state index in [9.17, 15) is 18.0 Å². The van der Waals surface area contributed by atoms with Crippen LogP contribution in [0.5, 0.6) is 0 Å². The number of benzene rings is 1. The first-order chi connectivity index (χ1) is 10.4. The van der Waals surface area contributed by atoms with E-state index >= 15 is 0 Å². The van der Waals surface area contributed by atoms with Crippen molar-refractivity contribution in [2.75, 3.05) is 20.1 Å². The second-order valence-electron chi connectivity index (χ2n) is 5.87. The van der Waals surface area contributed by atoms with Crippen LogP contribution in [0.3, 0.4) is 0 Å². The summed E-state index contributed by atoms with van der Waals surface area (Å²) < 4.78 is 38.7. The molecule has 0 aliphatic heterocycles. The van der Waals surface area contributed by atoms with Gasteiger partial charge in [0.25, 0.3) is 0 Å². The number of amides is 1. The highest BCUT2D eigenvalue weighted by Gasteiger charge is 2.38. The van der Waals surface area contributed by atoms with Crippen LogP contribution >= 0.6 is 12.4 Å². The van der Waals surface area contributed by atoms with Crippen LogP contribution in [0.4, 0.5) is 13.2 Å². The molecule has 1 aliphatic rings. The minimum absolute atomic E-state index is 0. The first-order valence-corrected chi connectivity index (χ1v) is 7.46. The standard InChI is InChI=1S/C16H21F3N2O.ClH/c1-20-10-14(22)21-11-15(7-2-3-8-15)12-5-4-6-13(9-12)16(17,18)19;/h4-6,9,20H,2-3,7-8,10-11H2,1H3,(H,21,22);1H. The molecule has 0 bridgehead atoms. The summed E-state index contributed by atoms with van der Waals surface area (Å²) in [5.41, 5.74) is -0.340. The van der Waals surface area contributed by atoms with Crippen LogP contribution in [-0.2, 0) is 16.4 Å². The number of alkyl halides is 3. The van der Waals surface area contributed by atoms with Crippen LogP contribution in [0.25, 0.3) is 0 Å². The average Bonchev–Trinajstić information content (AvgIpc) is 2.95. The van der Waals surface area contributed by atoms with Crippen molar-refractivity contribution in [3.63, 3.8) is 0 Å². The van der Waals surface area contributed by atoms with Crippen LogP contribution < -0.4 is 10.6 Å². The van der Waals surface area contributed by atoms with E-state index in [-0.39, 0.29) is 30.3 Å². The molecular weight excluding hydrogens is 329 g/mol. The fourth-order valence-corrected chi connectivity index (χ4v) is 3.14. The van der Waals surface area contributed by atoms with Gasteiger partial charge >= 0.3 is 6.18 Å². The molecule has 0 aromatic heterocycles. The Hall–Kier alpha value is -1.27. The Bertz CT molecular complexity index is 528. The first-order valence-electron chi connectivity index (χ1n) is 7.46. The van der Waals surface area contributed by atoms with E-state index in [0.717, 1.165) is 31.7 Å². The van der Waals surface area contributed by atoms with Crippen LogP contribution in [0, 0.1) is 0 Å². The predicted octanol–water partition coefficient (Wildman–Crippen LogP) is 3.27. The SMILES string of the molecule is CNCC(=O)NCC1(c2cccc(C(F)(F)F)c2)CCCC1.Cl. The van der Waals surface area contributed by atoms with Crippen LogP contribution in [0.2, 0.25) is 0 Å². The highest BCUT2D eigenvalue weighted by molar-refractivity contribution is 5.85. The number of carbonyl (C=O) groups excluding carboxylic acids is 1. The first kappa shape index (κ1) is 19.8. The summed E-state index contributed by atoms with van der Waals surface area (Å²) in [5.74, 6) is -0.138. The van der Waals surface area contributed by atoms with Gasteiger partial charge in [-0.1, -0.05) is 31.0 Å². The Kier molecular flexibility index (Phi) is 6.89. The topological polar surface area (TPSA) is 41.1 Å². The molecule has 2 N–H and O–H groups in total. The van der Waals surface area contributed by atoms with E-state index in [1.807, 2.05) is 0 Å². The molecule has 0 spiro atoms. The molecule has 1 saturated carbocycles. The predicted molar refractivity (Wildman–Crippen MR) is 85.8 cm³/mol. The molecule has 0 atom stereocenters. The molecule has 1 fully saturated rings. The second kappa shape index (κ2) is 8.02. The fourth-order valence-electron chi connectivity index (χ4n) is 3.14. The molecule has 0 heterocycles. The molecule has 0 saturated heterocycles. The molecule has 1 amide bonds. The summed E-state index contributed by atoms with van der Waals surface area (Å²) in [7, 11) is 1.68. The Morgan fingerprint density at radius 2 is 1.91 bits per heavy atom. The smallest absolute Gasteiger partial charge is 0.354 e. The molecule has 7 heteroatoms. The van der Waals surface area contributed by atoms with Crippen molar-refractivity contribution < 1.29 is 18.0 Å². The van der Waals surface area contributed by atoms with Gasteiger partial charge in [0, 0.05) is 12.0 Å².